The number of nitrogens with zero attached hydrogens (tertiary/aromatic N) is 1. The molecule has 2 aromatic carbocycles. The molecule has 0 aromatic heterocycles. The van der Waals surface area contributed by atoms with E-state index in [0.717, 1.165) is 6.42 Å². The van der Waals surface area contributed by atoms with Crippen LogP contribution < -0.4 is 5.32 Å². The lowest BCUT2D eigenvalue weighted by Crippen LogP contribution is -2.38. The number of benzene rings is 2. The van der Waals surface area contributed by atoms with Gasteiger partial charge in [-0.25, -0.2) is 0 Å². The Labute approximate surface area is 190 Å². The zero-order valence-electron chi connectivity index (χ0n) is 16.5. The molecule has 1 heterocycles. The number of carbonyl (C=O) groups is 3. The second-order valence-electron chi connectivity index (χ2n) is 8.34. The molecule has 0 spiro atoms. The van der Waals surface area contributed by atoms with Crippen LogP contribution in [-0.2, 0) is 14.4 Å². The van der Waals surface area contributed by atoms with Gasteiger partial charge in [0.05, 0.1) is 24.3 Å². The van der Waals surface area contributed by atoms with Crippen LogP contribution in [0.3, 0.4) is 0 Å². The molecular formula is C24H20Cl2N2O3. The number of allylic oxidation sites excluding steroid dienone is 2. The minimum Gasteiger partial charge on any atom is -0.326 e. The monoisotopic (exact) mass is 454 g/mol. The molecule has 2 bridgehead atoms. The average molecular weight is 455 g/mol. The van der Waals surface area contributed by atoms with E-state index in [0.29, 0.717) is 21.3 Å². The first kappa shape index (κ1) is 20.3. The normalized spacial score (nSPS) is 27.0. The van der Waals surface area contributed by atoms with Crippen molar-refractivity contribution in [3.63, 3.8) is 0 Å². The van der Waals surface area contributed by atoms with Gasteiger partial charge in [-0.2, -0.15) is 0 Å². The predicted octanol–water partition coefficient (Wildman–Crippen LogP) is 4.87. The van der Waals surface area contributed by atoms with Crippen molar-refractivity contribution >= 4 is 46.6 Å². The Kier molecular flexibility index (Phi) is 5.11. The van der Waals surface area contributed by atoms with Crippen molar-refractivity contribution in [3.8, 4) is 0 Å². The van der Waals surface area contributed by atoms with Crippen LogP contribution in [0.5, 0.6) is 0 Å². The summed E-state index contributed by atoms with van der Waals surface area (Å²) in [6.07, 6.45) is 4.89. The summed E-state index contributed by atoms with van der Waals surface area (Å²) in [5, 5.41) is 3.81. The predicted molar refractivity (Wildman–Crippen MR) is 118 cm³/mol. The first-order chi connectivity index (χ1) is 14.9. The summed E-state index contributed by atoms with van der Waals surface area (Å²) in [5.74, 6) is -1.16. The van der Waals surface area contributed by atoms with Crippen LogP contribution in [0.15, 0.2) is 60.7 Å². The standard InChI is InChI=1S/C24H20Cl2N2O3/c25-15-7-9-16(10-8-15)27-20(29)12-19(17-3-1-2-4-18(17)26)28-23(30)21-13-5-6-14(11-13)22(21)24(28)31/h1-10,13-14,19,21-22H,11-12H2,(H,27,29). The summed E-state index contributed by atoms with van der Waals surface area (Å²) in [6.45, 7) is 0. The largest absolute Gasteiger partial charge is 0.326 e. The number of hydrogen-bond acceptors (Lipinski definition) is 3. The molecule has 1 N–H and O–H groups in total. The molecule has 7 heteroatoms. The van der Waals surface area contributed by atoms with E-state index in [9.17, 15) is 14.4 Å². The molecule has 5 rings (SSSR count). The van der Waals surface area contributed by atoms with Crippen molar-refractivity contribution in [2.45, 2.75) is 18.9 Å². The second kappa shape index (κ2) is 7.81. The Morgan fingerprint density at radius 1 is 0.968 bits per heavy atom. The van der Waals surface area contributed by atoms with Gasteiger partial charge in [0.25, 0.3) is 0 Å². The zero-order valence-corrected chi connectivity index (χ0v) is 18.0. The lowest BCUT2D eigenvalue weighted by Gasteiger charge is -2.28. The van der Waals surface area contributed by atoms with Gasteiger partial charge in [-0.3, -0.25) is 19.3 Å². The summed E-state index contributed by atoms with van der Waals surface area (Å²) >= 11 is 12.3. The van der Waals surface area contributed by atoms with E-state index in [2.05, 4.69) is 17.5 Å². The van der Waals surface area contributed by atoms with Gasteiger partial charge in [0.15, 0.2) is 0 Å². The van der Waals surface area contributed by atoms with Crippen LogP contribution in [0, 0.1) is 23.7 Å². The quantitative estimate of drug-likeness (QED) is 0.517. The Balaban J connectivity index is 1.45. The molecule has 1 aliphatic heterocycles. The van der Waals surface area contributed by atoms with Crippen LogP contribution >= 0.6 is 23.2 Å². The number of rotatable bonds is 5. The molecule has 0 radical (unpaired) electrons. The van der Waals surface area contributed by atoms with Crippen molar-refractivity contribution in [1.82, 2.24) is 4.90 Å². The van der Waals surface area contributed by atoms with E-state index in [1.165, 1.54) is 4.90 Å². The molecule has 3 aliphatic rings. The number of amides is 3. The lowest BCUT2D eigenvalue weighted by atomic mass is 9.85. The third-order valence-corrected chi connectivity index (χ3v) is 7.18. The van der Waals surface area contributed by atoms with Crippen LogP contribution in [0.25, 0.3) is 0 Å². The molecule has 5 atom stereocenters. The second-order valence-corrected chi connectivity index (χ2v) is 9.19. The molecule has 5 unspecified atom stereocenters. The fourth-order valence-corrected chi connectivity index (χ4v) is 5.63. The van der Waals surface area contributed by atoms with E-state index in [4.69, 9.17) is 23.2 Å². The Hall–Kier alpha value is -2.63. The van der Waals surface area contributed by atoms with Gasteiger partial charge >= 0.3 is 0 Å². The summed E-state index contributed by atoms with van der Waals surface area (Å²) in [6, 6.07) is 13.1. The van der Waals surface area contributed by atoms with Crippen LogP contribution in [-0.4, -0.2) is 22.6 Å². The molecular weight excluding hydrogens is 435 g/mol. The Morgan fingerprint density at radius 3 is 2.19 bits per heavy atom. The van der Waals surface area contributed by atoms with Crippen molar-refractivity contribution in [3.05, 3.63) is 76.3 Å². The molecule has 2 fully saturated rings. The fourth-order valence-electron chi connectivity index (χ4n) is 5.24. The molecule has 1 saturated heterocycles. The number of anilines is 1. The van der Waals surface area contributed by atoms with E-state index in [1.807, 2.05) is 0 Å². The van der Waals surface area contributed by atoms with E-state index < -0.39 is 6.04 Å². The van der Waals surface area contributed by atoms with Gasteiger partial charge in [0.1, 0.15) is 0 Å². The van der Waals surface area contributed by atoms with E-state index >= 15 is 0 Å². The average Bonchev–Trinajstić information content (AvgIpc) is 3.43. The maximum Gasteiger partial charge on any atom is 0.234 e. The third kappa shape index (κ3) is 3.46. The van der Waals surface area contributed by atoms with Crippen LogP contribution in [0.4, 0.5) is 5.69 Å². The maximum absolute atomic E-state index is 13.4. The smallest absolute Gasteiger partial charge is 0.234 e. The number of nitrogens with one attached hydrogen (secondary N) is 1. The number of hydrogen-bond donors (Lipinski definition) is 1. The molecule has 158 valence electrons. The number of carbonyl (C=O) groups excluding carboxylic acids is 3. The van der Waals surface area contributed by atoms with Crippen LogP contribution in [0.1, 0.15) is 24.4 Å². The first-order valence-electron chi connectivity index (χ1n) is 10.3. The number of likely N-dealkylation sites (tertiary alicyclic amines) is 1. The van der Waals surface area contributed by atoms with Gasteiger partial charge in [0, 0.05) is 15.7 Å². The molecule has 5 nitrogen and oxygen atoms in total. The van der Waals surface area contributed by atoms with E-state index in [-0.39, 0.29) is 47.8 Å². The van der Waals surface area contributed by atoms with Crippen molar-refractivity contribution in [2.75, 3.05) is 5.32 Å². The highest BCUT2D eigenvalue weighted by atomic mass is 35.5. The lowest BCUT2D eigenvalue weighted by molar-refractivity contribution is -0.144. The van der Waals surface area contributed by atoms with E-state index in [1.54, 1.807) is 48.5 Å². The summed E-state index contributed by atoms with van der Waals surface area (Å²) < 4.78 is 0. The first-order valence-corrected chi connectivity index (χ1v) is 11.0. The van der Waals surface area contributed by atoms with Crippen molar-refractivity contribution in [1.29, 1.82) is 0 Å². The highest BCUT2D eigenvalue weighted by Gasteiger charge is 2.60. The molecule has 3 amide bonds. The van der Waals surface area contributed by atoms with Gasteiger partial charge in [-0.15, -0.1) is 0 Å². The summed E-state index contributed by atoms with van der Waals surface area (Å²) in [5.41, 5.74) is 1.18. The van der Waals surface area contributed by atoms with Crippen molar-refractivity contribution < 1.29 is 14.4 Å². The minimum atomic E-state index is -0.758. The highest BCUT2D eigenvalue weighted by Crippen LogP contribution is 2.54. The van der Waals surface area contributed by atoms with Gasteiger partial charge in [0.2, 0.25) is 17.7 Å². The number of fused-ring (bicyclic) bond motifs is 5. The third-order valence-electron chi connectivity index (χ3n) is 6.59. The highest BCUT2D eigenvalue weighted by molar-refractivity contribution is 6.31. The van der Waals surface area contributed by atoms with Gasteiger partial charge in [-0.05, 0) is 54.2 Å². The molecule has 31 heavy (non-hydrogen) atoms. The topological polar surface area (TPSA) is 66.5 Å². The summed E-state index contributed by atoms with van der Waals surface area (Å²) in [7, 11) is 0. The minimum absolute atomic E-state index is 0.0773. The maximum atomic E-state index is 13.4. The van der Waals surface area contributed by atoms with Crippen molar-refractivity contribution in [2.24, 2.45) is 23.7 Å². The molecule has 2 aromatic rings. The van der Waals surface area contributed by atoms with Gasteiger partial charge < -0.3 is 5.32 Å². The number of halogens is 2. The molecule has 2 aliphatic carbocycles. The Bertz CT molecular complexity index is 1070. The summed E-state index contributed by atoms with van der Waals surface area (Å²) in [4.78, 5) is 40.9. The Morgan fingerprint density at radius 2 is 1.58 bits per heavy atom. The SMILES string of the molecule is O=C(CC(c1ccccc1Cl)N1C(=O)C2C3C=CC(C3)C2C1=O)Nc1ccc(Cl)cc1. The zero-order chi connectivity index (χ0) is 21.7. The molecule has 1 saturated carbocycles. The fraction of sp³-hybridized carbons (Fsp3) is 0.292. The number of imide groups is 1. The van der Waals surface area contributed by atoms with Crippen LogP contribution in [0.2, 0.25) is 10.0 Å². The van der Waals surface area contributed by atoms with Gasteiger partial charge in [-0.1, -0.05) is 53.6 Å².